The summed E-state index contributed by atoms with van der Waals surface area (Å²) in [5.41, 5.74) is 5.74. The number of halogens is 4. The number of rotatable bonds is 2. The van der Waals surface area contributed by atoms with E-state index in [0.29, 0.717) is 23.4 Å². The van der Waals surface area contributed by atoms with Crippen molar-refractivity contribution >= 4 is 35.8 Å². The predicted octanol–water partition coefficient (Wildman–Crippen LogP) is 9.79. The van der Waals surface area contributed by atoms with Gasteiger partial charge in [-0.3, -0.25) is 0 Å². The average molecular weight is 654 g/mol. The van der Waals surface area contributed by atoms with E-state index in [-0.39, 0.29) is 25.5 Å². The molecule has 1 saturated carbocycles. The third-order valence-corrected chi connectivity index (χ3v) is 9.06. The zero-order valence-electron chi connectivity index (χ0n) is 24.7. The summed E-state index contributed by atoms with van der Waals surface area (Å²) in [4.78, 5) is 3.78. The number of hydrogen-bond donors (Lipinski definition) is 0. The molecule has 43 heavy (non-hydrogen) atoms. The van der Waals surface area contributed by atoms with Crippen LogP contribution in [0.5, 0.6) is 0 Å². The maximum absolute atomic E-state index is 13.7. The summed E-state index contributed by atoms with van der Waals surface area (Å²) < 4.78 is 27.4. The number of amidine groups is 1. The molecule has 0 N–H and O–H groups in total. The smallest absolute Gasteiger partial charge is 0.129 e. The zero-order chi connectivity index (χ0) is 30.0. The summed E-state index contributed by atoms with van der Waals surface area (Å²) in [6, 6.07) is 31.5. The van der Waals surface area contributed by atoms with Gasteiger partial charge < -0.3 is 22.6 Å². The Kier molecular flexibility index (Phi) is 11.1. The van der Waals surface area contributed by atoms with Crippen LogP contribution in [0, 0.1) is 30.9 Å². The number of fused-ring (bicyclic) bond motifs is 4. The largest absolute Gasteiger partial charge is 0.464 e. The predicted molar refractivity (Wildman–Crippen MR) is 173 cm³/mol. The first-order valence-electron chi connectivity index (χ1n) is 14.0. The minimum Gasteiger partial charge on any atom is -0.464 e. The molecule has 4 aromatic carbocycles. The molecule has 224 valence electrons. The number of hydrogen-bond acceptors (Lipinski definition) is 1. The van der Waals surface area contributed by atoms with Crippen molar-refractivity contribution in [1.82, 2.24) is 0 Å². The summed E-state index contributed by atoms with van der Waals surface area (Å²) in [6.45, 7) is 5.15. The van der Waals surface area contributed by atoms with E-state index in [1.54, 1.807) is 17.7 Å². The molecule has 5 atom stereocenters. The van der Waals surface area contributed by atoms with Crippen molar-refractivity contribution in [3.8, 4) is 0 Å². The fourth-order valence-electron chi connectivity index (χ4n) is 7.07. The number of benzene rings is 4. The Morgan fingerprint density at radius 3 is 1.98 bits per heavy atom. The van der Waals surface area contributed by atoms with E-state index >= 15 is 0 Å². The van der Waals surface area contributed by atoms with Crippen molar-refractivity contribution in [2.24, 2.45) is 11.8 Å². The molecule has 0 saturated heterocycles. The molecule has 0 aromatic heterocycles. The third kappa shape index (κ3) is 6.28. The van der Waals surface area contributed by atoms with Gasteiger partial charge in [-0.1, -0.05) is 98.5 Å². The van der Waals surface area contributed by atoms with E-state index in [9.17, 15) is 14.2 Å². The van der Waals surface area contributed by atoms with Crippen molar-refractivity contribution < 1.29 is 25.8 Å². The Morgan fingerprint density at radius 1 is 0.767 bits per heavy atom. The van der Waals surface area contributed by atoms with Gasteiger partial charge in [-0.2, -0.15) is 0 Å². The minimum atomic E-state index is -0.686. The second kappa shape index (κ2) is 14.4. The van der Waals surface area contributed by atoms with Crippen LogP contribution in [0.4, 0.5) is 20.2 Å². The van der Waals surface area contributed by atoms with E-state index in [2.05, 4.69) is 80.4 Å². The van der Waals surface area contributed by atoms with Crippen molar-refractivity contribution in [1.29, 1.82) is 0 Å². The van der Waals surface area contributed by atoms with Crippen LogP contribution in [0.2, 0.25) is 0 Å². The van der Waals surface area contributed by atoms with Gasteiger partial charge in [0.1, 0.15) is 11.6 Å². The Hall–Kier alpha value is -2.70. The molecule has 0 amide bonds. The fourth-order valence-corrected chi connectivity index (χ4v) is 7.07. The molecule has 0 radical (unpaired) electrons. The second-order valence-electron chi connectivity index (χ2n) is 11.0. The zero-order valence-corrected chi connectivity index (χ0v) is 27.8. The molecule has 2 heterocycles. The van der Waals surface area contributed by atoms with Gasteiger partial charge >= 0.3 is 35.6 Å². The van der Waals surface area contributed by atoms with Gasteiger partial charge in [0.15, 0.2) is 0 Å². The Morgan fingerprint density at radius 2 is 1.33 bits per heavy atom. The van der Waals surface area contributed by atoms with Crippen molar-refractivity contribution in [3.63, 3.8) is 0 Å². The van der Waals surface area contributed by atoms with Crippen LogP contribution in [-0.4, -0.2) is 18.9 Å². The van der Waals surface area contributed by atoms with Gasteiger partial charge in [0.05, 0.1) is 0 Å². The number of nitrogens with zero attached hydrogens (tertiary/aromatic N) is 3. The van der Waals surface area contributed by atoms with E-state index < -0.39 is 28.7 Å². The van der Waals surface area contributed by atoms with Crippen LogP contribution in [0.3, 0.4) is 0 Å². The van der Waals surface area contributed by atoms with Gasteiger partial charge in [0.2, 0.25) is 0 Å². The average Bonchev–Trinajstić information content (AvgIpc) is 3.58. The van der Waals surface area contributed by atoms with Gasteiger partial charge in [-0.05, 0) is 58.8 Å². The molecular weight excluding hydrogens is 619 g/mol. The molecule has 4 aromatic rings. The minimum absolute atomic E-state index is 0. The van der Waals surface area contributed by atoms with Crippen molar-refractivity contribution in [2.75, 3.05) is 16.8 Å². The van der Waals surface area contributed by atoms with Crippen molar-refractivity contribution in [2.45, 2.75) is 38.3 Å². The second-order valence-corrected chi connectivity index (χ2v) is 13.6. The molecule has 5 unspecified atom stereocenters. The molecule has 1 fully saturated rings. The van der Waals surface area contributed by atoms with Crippen LogP contribution >= 0.6 is 18.6 Å². The maximum Gasteiger partial charge on any atom is 0.129 e. The standard InChI is InChI=1S/C20H23N.C14H9F2N2.CH3.2ClH.Ti/c1-13-14(2)19-16-11-7-8-12-17(16)21(3)20(19)18(13)15-9-5-4-6-10-15;15-11-6-3-7-12(16)13(11)18-8-9-4-1-2-5-10(9)14(18)17;;;;/h4-14,18-20H,1-3H3;1-7H,8H2;1H3;2*1H;/q;2*-1;;;+2/p-2. The molecule has 3 aliphatic rings. The van der Waals surface area contributed by atoms with Crippen LogP contribution in [0.25, 0.3) is 5.41 Å². The first kappa shape index (κ1) is 33.2. The summed E-state index contributed by atoms with van der Waals surface area (Å²) in [6.07, 6.45) is 0. The van der Waals surface area contributed by atoms with E-state index in [4.69, 9.17) is 18.6 Å². The normalized spacial score (nSPS) is 22.7. The van der Waals surface area contributed by atoms with Crippen LogP contribution in [0.1, 0.15) is 47.9 Å². The molecule has 7 rings (SSSR count). The van der Waals surface area contributed by atoms with Crippen LogP contribution < -0.4 is 9.80 Å². The number of para-hydroxylation sites is 2. The van der Waals surface area contributed by atoms with Crippen LogP contribution in [-0.2, 0) is 23.6 Å². The summed E-state index contributed by atoms with van der Waals surface area (Å²) in [5, 5.41) is 10.1. The summed E-state index contributed by atoms with van der Waals surface area (Å²) in [5.74, 6) is 1.26. The number of likely N-dealkylation sites (N-methyl/N-ethyl adjacent to an activating group) is 1. The van der Waals surface area contributed by atoms with Gasteiger partial charge in [-0.25, -0.2) is 8.78 Å². The quantitative estimate of drug-likeness (QED) is 0.159. The van der Waals surface area contributed by atoms with E-state index in [1.807, 2.05) is 12.1 Å². The molecular formula is C35H35Cl2F2N3Ti-2. The Labute approximate surface area is 271 Å². The summed E-state index contributed by atoms with van der Waals surface area (Å²) >= 11 is -0.556. The molecule has 0 bridgehead atoms. The molecule has 8 heteroatoms. The van der Waals surface area contributed by atoms with E-state index in [1.165, 1.54) is 34.3 Å². The first-order valence-corrected chi connectivity index (χ1v) is 18.3. The van der Waals surface area contributed by atoms with Gasteiger partial charge in [-0.15, -0.1) is 0 Å². The summed E-state index contributed by atoms with van der Waals surface area (Å²) in [7, 11) is 12.1. The molecule has 2 aliphatic heterocycles. The monoisotopic (exact) mass is 653 g/mol. The Bertz CT molecular complexity index is 1530. The van der Waals surface area contributed by atoms with E-state index in [0.717, 1.165) is 17.4 Å². The molecule has 1 aliphatic carbocycles. The van der Waals surface area contributed by atoms with Gasteiger partial charge in [0, 0.05) is 36.3 Å². The molecule has 3 nitrogen and oxygen atoms in total. The number of anilines is 2. The van der Waals surface area contributed by atoms with Crippen LogP contribution in [0.15, 0.2) is 97.1 Å². The Balaban J connectivity index is 0.000000179. The van der Waals surface area contributed by atoms with Gasteiger partial charge in [0.25, 0.3) is 0 Å². The first-order chi connectivity index (χ1) is 20.3. The maximum atomic E-state index is 13.7. The fraction of sp³-hybridized carbons (Fsp3) is 0.257. The molecule has 0 spiro atoms. The van der Waals surface area contributed by atoms with Crippen molar-refractivity contribution in [3.05, 3.63) is 144 Å². The SMILES string of the molecule is CC1C(C)C2c3ccccc3N(C)C2C1c1ccccc1.[CH3-].[Cl][Ti][Cl].[N-]=C1c2ccccc2CN1c1c(F)cccc1F. The third-order valence-electron chi connectivity index (χ3n) is 9.06. The topological polar surface area (TPSA) is 28.8 Å².